The van der Waals surface area contributed by atoms with Crippen LogP contribution in [0.4, 0.5) is 0 Å². The van der Waals surface area contributed by atoms with Gasteiger partial charge >= 0.3 is 0 Å². The SMILES string of the molecule is CC(=O)N1CCCN(C(=O)C(C)(C)C(C)(C)N)CC1. The number of carbonyl (C=O) groups is 2. The van der Waals surface area contributed by atoms with Gasteiger partial charge in [0.15, 0.2) is 0 Å². The molecule has 19 heavy (non-hydrogen) atoms. The molecule has 0 aromatic rings. The fourth-order valence-electron chi connectivity index (χ4n) is 2.11. The Labute approximate surface area is 116 Å². The van der Waals surface area contributed by atoms with E-state index in [9.17, 15) is 9.59 Å². The molecule has 0 unspecified atom stereocenters. The first-order valence-corrected chi connectivity index (χ1v) is 6.91. The lowest BCUT2D eigenvalue weighted by Crippen LogP contribution is -2.57. The van der Waals surface area contributed by atoms with E-state index in [4.69, 9.17) is 5.73 Å². The molecule has 5 heteroatoms. The number of amides is 2. The van der Waals surface area contributed by atoms with E-state index in [1.54, 1.807) is 11.8 Å². The molecular weight excluding hydrogens is 242 g/mol. The Morgan fingerprint density at radius 2 is 1.42 bits per heavy atom. The highest BCUT2D eigenvalue weighted by atomic mass is 16.2. The van der Waals surface area contributed by atoms with Crippen molar-refractivity contribution in [1.82, 2.24) is 9.80 Å². The summed E-state index contributed by atoms with van der Waals surface area (Å²) >= 11 is 0. The number of hydrogen-bond donors (Lipinski definition) is 1. The minimum Gasteiger partial charge on any atom is -0.341 e. The number of nitrogens with two attached hydrogens (primary N) is 1. The molecule has 1 aliphatic heterocycles. The highest BCUT2D eigenvalue weighted by Crippen LogP contribution is 2.30. The van der Waals surface area contributed by atoms with E-state index < -0.39 is 11.0 Å². The van der Waals surface area contributed by atoms with Crippen LogP contribution in [0.2, 0.25) is 0 Å². The summed E-state index contributed by atoms with van der Waals surface area (Å²) in [4.78, 5) is 27.7. The number of nitrogens with zero attached hydrogens (tertiary/aromatic N) is 2. The van der Waals surface area contributed by atoms with E-state index in [0.29, 0.717) is 19.6 Å². The van der Waals surface area contributed by atoms with Gasteiger partial charge in [-0.15, -0.1) is 0 Å². The van der Waals surface area contributed by atoms with Gasteiger partial charge in [-0.25, -0.2) is 0 Å². The maximum absolute atomic E-state index is 12.6. The van der Waals surface area contributed by atoms with Gasteiger partial charge in [-0.2, -0.15) is 0 Å². The molecule has 1 rings (SSSR count). The van der Waals surface area contributed by atoms with Gasteiger partial charge in [0, 0.05) is 38.6 Å². The van der Waals surface area contributed by atoms with Gasteiger partial charge in [0.1, 0.15) is 0 Å². The maximum Gasteiger partial charge on any atom is 0.230 e. The molecular formula is C14H27N3O2. The van der Waals surface area contributed by atoms with Gasteiger partial charge in [0.05, 0.1) is 5.41 Å². The van der Waals surface area contributed by atoms with Crippen LogP contribution in [-0.4, -0.2) is 53.3 Å². The molecule has 0 saturated carbocycles. The van der Waals surface area contributed by atoms with Crippen molar-refractivity contribution in [3.8, 4) is 0 Å². The van der Waals surface area contributed by atoms with Crippen molar-refractivity contribution in [2.75, 3.05) is 26.2 Å². The predicted molar refractivity (Wildman–Crippen MR) is 75.5 cm³/mol. The van der Waals surface area contributed by atoms with E-state index in [-0.39, 0.29) is 11.8 Å². The summed E-state index contributed by atoms with van der Waals surface area (Å²) in [7, 11) is 0. The van der Waals surface area contributed by atoms with Gasteiger partial charge in [0.2, 0.25) is 11.8 Å². The number of rotatable bonds is 2. The van der Waals surface area contributed by atoms with E-state index in [1.807, 2.05) is 32.6 Å². The lowest BCUT2D eigenvalue weighted by Gasteiger charge is -2.40. The Balaban J connectivity index is 2.76. The normalized spacial score (nSPS) is 18.2. The summed E-state index contributed by atoms with van der Waals surface area (Å²) in [5, 5.41) is 0. The zero-order chi connectivity index (χ0) is 14.8. The Morgan fingerprint density at radius 3 is 1.89 bits per heavy atom. The van der Waals surface area contributed by atoms with Gasteiger partial charge in [-0.3, -0.25) is 9.59 Å². The molecule has 5 nitrogen and oxygen atoms in total. The van der Waals surface area contributed by atoms with Crippen molar-refractivity contribution < 1.29 is 9.59 Å². The minimum absolute atomic E-state index is 0.0744. The van der Waals surface area contributed by atoms with Crippen LogP contribution in [0, 0.1) is 5.41 Å². The summed E-state index contributed by atoms with van der Waals surface area (Å²) in [6.07, 6.45) is 0.826. The van der Waals surface area contributed by atoms with E-state index >= 15 is 0 Å². The summed E-state index contributed by atoms with van der Waals surface area (Å²) in [5.41, 5.74) is 4.94. The molecule has 0 atom stereocenters. The lowest BCUT2D eigenvalue weighted by atomic mass is 9.74. The zero-order valence-corrected chi connectivity index (χ0v) is 12.8. The van der Waals surface area contributed by atoms with Crippen molar-refractivity contribution >= 4 is 11.8 Å². The first-order valence-electron chi connectivity index (χ1n) is 6.91. The molecule has 1 saturated heterocycles. The molecule has 110 valence electrons. The maximum atomic E-state index is 12.6. The van der Waals surface area contributed by atoms with Crippen LogP contribution < -0.4 is 5.73 Å². The number of hydrogen-bond acceptors (Lipinski definition) is 3. The van der Waals surface area contributed by atoms with Gasteiger partial charge in [-0.1, -0.05) is 0 Å². The minimum atomic E-state index is -0.613. The topological polar surface area (TPSA) is 66.6 Å². The van der Waals surface area contributed by atoms with Crippen molar-refractivity contribution in [1.29, 1.82) is 0 Å². The highest BCUT2D eigenvalue weighted by Gasteiger charge is 2.42. The Hall–Kier alpha value is -1.10. The quantitative estimate of drug-likeness (QED) is 0.807. The molecule has 0 aliphatic carbocycles. The molecule has 0 radical (unpaired) electrons. The third kappa shape index (κ3) is 3.47. The second kappa shape index (κ2) is 5.49. The second-order valence-electron chi connectivity index (χ2n) is 6.50. The summed E-state index contributed by atoms with van der Waals surface area (Å²) in [5.74, 6) is 0.151. The fourth-order valence-corrected chi connectivity index (χ4v) is 2.11. The van der Waals surface area contributed by atoms with E-state index in [2.05, 4.69) is 0 Å². The monoisotopic (exact) mass is 269 g/mol. The van der Waals surface area contributed by atoms with Crippen LogP contribution >= 0.6 is 0 Å². The van der Waals surface area contributed by atoms with Crippen LogP contribution in [0.1, 0.15) is 41.0 Å². The summed E-state index contributed by atoms with van der Waals surface area (Å²) in [6, 6.07) is 0. The van der Waals surface area contributed by atoms with Gasteiger partial charge in [0.25, 0.3) is 0 Å². The lowest BCUT2D eigenvalue weighted by molar-refractivity contribution is -0.143. The molecule has 0 aromatic heterocycles. The Kier molecular flexibility index (Phi) is 4.61. The van der Waals surface area contributed by atoms with Crippen LogP contribution in [-0.2, 0) is 9.59 Å². The standard InChI is InChI=1S/C14H27N3O2/c1-11(18)16-7-6-8-17(10-9-16)12(19)13(2,3)14(4,5)15/h6-10,15H2,1-5H3. The van der Waals surface area contributed by atoms with Crippen molar-refractivity contribution in [3.05, 3.63) is 0 Å². The van der Waals surface area contributed by atoms with Gasteiger partial charge < -0.3 is 15.5 Å². The molecule has 2 N–H and O–H groups in total. The predicted octanol–water partition coefficient (Wildman–Crippen LogP) is 0.831. The van der Waals surface area contributed by atoms with Crippen molar-refractivity contribution in [2.45, 2.75) is 46.6 Å². The molecule has 1 heterocycles. The molecule has 2 amide bonds. The molecule has 0 bridgehead atoms. The van der Waals surface area contributed by atoms with Crippen molar-refractivity contribution in [2.24, 2.45) is 11.1 Å². The summed E-state index contributed by atoms with van der Waals surface area (Å²) in [6.45, 7) is 11.7. The highest BCUT2D eigenvalue weighted by molar-refractivity contribution is 5.83. The first kappa shape index (κ1) is 16.0. The van der Waals surface area contributed by atoms with Gasteiger partial charge in [-0.05, 0) is 34.1 Å². The molecule has 0 spiro atoms. The second-order valence-corrected chi connectivity index (χ2v) is 6.50. The van der Waals surface area contributed by atoms with Crippen molar-refractivity contribution in [3.63, 3.8) is 0 Å². The third-order valence-electron chi connectivity index (χ3n) is 4.37. The van der Waals surface area contributed by atoms with E-state index in [0.717, 1.165) is 13.0 Å². The Bertz CT molecular complexity index is 358. The van der Waals surface area contributed by atoms with Crippen LogP contribution in [0.15, 0.2) is 0 Å². The van der Waals surface area contributed by atoms with Crippen LogP contribution in [0.25, 0.3) is 0 Å². The number of carbonyl (C=O) groups excluding carboxylic acids is 2. The third-order valence-corrected chi connectivity index (χ3v) is 4.37. The average Bonchev–Trinajstić information content (AvgIpc) is 2.51. The summed E-state index contributed by atoms with van der Waals surface area (Å²) < 4.78 is 0. The van der Waals surface area contributed by atoms with E-state index in [1.165, 1.54) is 0 Å². The molecule has 0 aromatic carbocycles. The fraction of sp³-hybridized carbons (Fsp3) is 0.857. The largest absolute Gasteiger partial charge is 0.341 e. The smallest absolute Gasteiger partial charge is 0.230 e. The van der Waals surface area contributed by atoms with Crippen LogP contribution in [0.3, 0.4) is 0 Å². The first-order chi connectivity index (χ1) is 8.57. The average molecular weight is 269 g/mol. The zero-order valence-electron chi connectivity index (χ0n) is 12.8. The Morgan fingerprint density at radius 1 is 0.947 bits per heavy atom. The molecule has 1 fully saturated rings. The molecule has 1 aliphatic rings. The van der Waals surface area contributed by atoms with Crippen LogP contribution in [0.5, 0.6) is 0 Å².